The molecular weight excluding hydrogens is 309 g/mol. The lowest BCUT2D eigenvalue weighted by Crippen LogP contribution is -2.30. The molecular formula is C13H15F3O4S. The lowest BCUT2D eigenvalue weighted by atomic mass is 10.1. The number of halogens is 3. The van der Waals surface area contributed by atoms with Gasteiger partial charge in [0.15, 0.2) is 5.75 Å². The molecule has 1 aromatic rings. The van der Waals surface area contributed by atoms with Crippen LogP contribution < -0.4 is 4.18 Å². The number of benzene rings is 1. The SMILES string of the molecule is O=S(=O)(CC1CCCCO1)Oc1ccccc1C(F)(F)F. The lowest BCUT2D eigenvalue weighted by molar-refractivity contribution is -0.138. The molecule has 0 amide bonds. The molecule has 118 valence electrons. The van der Waals surface area contributed by atoms with Crippen LogP contribution in [0.1, 0.15) is 24.8 Å². The van der Waals surface area contributed by atoms with Crippen molar-refractivity contribution in [2.75, 3.05) is 12.4 Å². The van der Waals surface area contributed by atoms with Crippen molar-refractivity contribution >= 4 is 10.1 Å². The lowest BCUT2D eigenvalue weighted by Gasteiger charge is -2.22. The Hall–Kier alpha value is -1.28. The van der Waals surface area contributed by atoms with Crippen molar-refractivity contribution in [1.29, 1.82) is 0 Å². The number of alkyl halides is 3. The number of ether oxygens (including phenoxy) is 1. The quantitative estimate of drug-likeness (QED) is 0.799. The fraction of sp³-hybridized carbons (Fsp3) is 0.538. The second kappa shape index (κ2) is 6.23. The zero-order valence-corrected chi connectivity index (χ0v) is 11.9. The maximum Gasteiger partial charge on any atom is 0.420 e. The highest BCUT2D eigenvalue weighted by molar-refractivity contribution is 7.87. The third-order valence-electron chi connectivity index (χ3n) is 3.07. The Morgan fingerprint density at radius 3 is 2.57 bits per heavy atom. The van der Waals surface area contributed by atoms with Crippen molar-refractivity contribution in [3.05, 3.63) is 29.8 Å². The van der Waals surface area contributed by atoms with E-state index >= 15 is 0 Å². The van der Waals surface area contributed by atoms with Crippen LogP contribution in [-0.4, -0.2) is 26.9 Å². The van der Waals surface area contributed by atoms with Gasteiger partial charge in [-0.1, -0.05) is 12.1 Å². The van der Waals surface area contributed by atoms with E-state index in [9.17, 15) is 21.6 Å². The fourth-order valence-electron chi connectivity index (χ4n) is 2.11. The molecule has 1 atom stereocenters. The normalized spacial score (nSPS) is 20.2. The highest BCUT2D eigenvalue weighted by atomic mass is 32.2. The van der Waals surface area contributed by atoms with Crippen LogP contribution in [-0.2, 0) is 21.0 Å². The molecule has 0 aromatic heterocycles. The van der Waals surface area contributed by atoms with Crippen LogP contribution in [0.4, 0.5) is 13.2 Å². The van der Waals surface area contributed by atoms with E-state index in [1.54, 1.807) is 0 Å². The number of para-hydroxylation sites is 1. The fourth-order valence-corrected chi connectivity index (χ4v) is 3.32. The summed E-state index contributed by atoms with van der Waals surface area (Å²) in [6.07, 6.45) is -2.95. The first-order chi connectivity index (χ1) is 9.78. The van der Waals surface area contributed by atoms with E-state index in [1.807, 2.05) is 0 Å². The summed E-state index contributed by atoms with van der Waals surface area (Å²) < 4.78 is 72.0. The van der Waals surface area contributed by atoms with Gasteiger partial charge in [-0.2, -0.15) is 21.6 Å². The Morgan fingerprint density at radius 1 is 1.24 bits per heavy atom. The first-order valence-corrected chi connectivity index (χ1v) is 8.06. The van der Waals surface area contributed by atoms with Crippen LogP contribution in [0.5, 0.6) is 5.75 Å². The summed E-state index contributed by atoms with van der Waals surface area (Å²) in [7, 11) is -4.14. The van der Waals surface area contributed by atoms with E-state index in [4.69, 9.17) is 4.74 Å². The van der Waals surface area contributed by atoms with Crippen molar-refractivity contribution in [1.82, 2.24) is 0 Å². The Labute approximate surface area is 121 Å². The third kappa shape index (κ3) is 4.60. The number of rotatable bonds is 4. The molecule has 2 rings (SSSR count). The smallest absolute Gasteiger partial charge is 0.382 e. The van der Waals surface area contributed by atoms with Gasteiger partial charge >= 0.3 is 16.3 Å². The summed E-state index contributed by atoms with van der Waals surface area (Å²) in [6.45, 7) is 0.458. The molecule has 4 nitrogen and oxygen atoms in total. The van der Waals surface area contributed by atoms with Crippen LogP contribution in [0.3, 0.4) is 0 Å². The zero-order chi connectivity index (χ0) is 15.5. The summed E-state index contributed by atoms with van der Waals surface area (Å²) in [5.41, 5.74) is -1.11. The van der Waals surface area contributed by atoms with Gasteiger partial charge < -0.3 is 8.92 Å². The summed E-state index contributed by atoms with van der Waals surface area (Å²) in [4.78, 5) is 0. The van der Waals surface area contributed by atoms with Gasteiger partial charge in [-0.05, 0) is 31.4 Å². The van der Waals surface area contributed by atoms with Crippen molar-refractivity contribution in [2.24, 2.45) is 0 Å². The molecule has 1 aromatic carbocycles. The Balaban J connectivity index is 2.13. The molecule has 0 spiro atoms. The van der Waals surface area contributed by atoms with Crippen molar-refractivity contribution in [3.63, 3.8) is 0 Å². The van der Waals surface area contributed by atoms with Gasteiger partial charge in [0.05, 0.1) is 11.7 Å². The molecule has 0 aliphatic carbocycles. The van der Waals surface area contributed by atoms with Crippen LogP contribution >= 0.6 is 0 Å². The van der Waals surface area contributed by atoms with Crippen LogP contribution in [0.15, 0.2) is 24.3 Å². The van der Waals surface area contributed by atoms with E-state index in [0.717, 1.165) is 25.0 Å². The molecule has 8 heteroatoms. The van der Waals surface area contributed by atoms with Gasteiger partial charge in [0.2, 0.25) is 0 Å². The second-order valence-corrected chi connectivity index (χ2v) is 6.41. The van der Waals surface area contributed by atoms with E-state index in [1.165, 1.54) is 12.1 Å². The van der Waals surface area contributed by atoms with E-state index in [0.29, 0.717) is 13.0 Å². The van der Waals surface area contributed by atoms with E-state index < -0.39 is 39.5 Å². The molecule has 21 heavy (non-hydrogen) atoms. The van der Waals surface area contributed by atoms with Crippen molar-refractivity contribution < 1.29 is 30.5 Å². The average Bonchev–Trinajstić information content (AvgIpc) is 2.38. The number of hydrogen-bond acceptors (Lipinski definition) is 4. The first kappa shape index (κ1) is 16.1. The van der Waals surface area contributed by atoms with Gasteiger partial charge in [-0.15, -0.1) is 0 Å². The summed E-state index contributed by atoms with van der Waals surface area (Å²) in [6, 6.07) is 4.23. The highest BCUT2D eigenvalue weighted by Crippen LogP contribution is 2.36. The molecule has 0 bridgehead atoms. The molecule has 0 radical (unpaired) electrons. The molecule has 0 saturated carbocycles. The van der Waals surface area contributed by atoms with Gasteiger partial charge in [0, 0.05) is 6.61 Å². The molecule has 1 aliphatic rings. The van der Waals surface area contributed by atoms with Gasteiger partial charge in [-0.3, -0.25) is 0 Å². The van der Waals surface area contributed by atoms with Crippen LogP contribution in [0.2, 0.25) is 0 Å². The minimum atomic E-state index is -4.67. The average molecular weight is 324 g/mol. The molecule has 1 unspecified atom stereocenters. The minimum Gasteiger partial charge on any atom is -0.382 e. The molecule has 1 fully saturated rings. The van der Waals surface area contributed by atoms with E-state index in [-0.39, 0.29) is 0 Å². The maximum absolute atomic E-state index is 12.8. The standard InChI is InChI=1S/C13H15F3O4S/c14-13(15,16)11-6-1-2-7-12(11)20-21(17,18)9-10-5-3-4-8-19-10/h1-2,6-7,10H,3-5,8-9H2. The third-order valence-corrected chi connectivity index (χ3v) is 4.29. The molecule has 1 heterocycles. The second-order valence-electron chi connectivity index (χ2n) is 4.79. The largest absolute Gasteiger partial charge is 0.420 e. The molecule has 1 saturated heterocycles. The van der Waals surface area contributed by atoms with Crippen LogP contribution in [0.25, 0.3) is 0 Å². The van der Waals surface area contributed by atoms with Gasteiger partial charge in [0.25, 0.3) is 0 Å². The predicted molar refractivity (Wildman–Crippen MR) is 69.4 cm³/mol. The summed E-state index contributed by atoms with van der Waals surface area (Å²) >= 11 is 0. The molecule has 0 N–H and O–H groups in total. The zero-order valence-electron chi connectivity index (χ0n) is 11.1. The van der Waals surface area contributed by atoms with Crippen molar-refractivity contribution in [2.45, 2.75) is 31.5 Å². The highest BCUT2D eigenvalue weighted by Gasteiger charge is 2.35. The minimum absolute atomic E-state index is 0.445. The number of hydrogen-bond donors (Lipinski definition) is 0. The Kier molecular flexibility index (Phi) is 4.77. The summed E-state index contributed by atoms with van der Waals surface area (Å²) in [5.74, 6) is -1.15. The Bertz CT molecular complexity index is 577. The topological polar surface area (TPSA) is 52.6 Å². The maximum atomic E-state index is 12.8. The van der Waals surface area contributed by atoms with Gasteiger partial charge in [0.1, 0.15) is 5.75 Å². The predicted octanol–water partition coefficient (Wildman–Crippen LogP) is 2.98. The molecule has 1 aliphatic heterocycles. The van der Waals surface area contributed by atoms with Crippen LogP contribution in [0, 0.1) is 0 Å². The monoisotopic (exact) mass is 324 g/mol. The van der Waals surface area contributed by atoms with Gasteiger partial charge in [-0.25, -0.2) is 0 Å². The first-order valence-electron chi connectivity index (χ1n) is 6.48. The Morgan fingerprint density at radius 2 is 1.95 bits per heavy atom. The van der Waals surface area contributed by atoms with Crippen molar-refractivity contribution in [3.8, 4) is 5.75 Å². The van der Waals surface area contributed by atoms with E-state index in [2.05, 4.69) is 4.18 Å². The summed E-state index contributed by atoms with van der Waals surface area (Å²) in [5, 5.41) is 0.